The van der Waals surface area contributed by atoms with E-state index in [1.807, 2.05) is 45.0 Å². The second kappa shape index (κ2) is 5.87. The van der Waals surface area contributed by atoms with Gasteiger partial charge in [-0.1, -0.05) is 35.0 Å². The van der Waals surface area contributed by atoms with E-state index in [4.69, 9.17) is 11.6 Å². The molecule has 1 N–H and O–H groups in total. The van der Waals surface area contributed by atoms with Crippen LogP contribution in [0.4, 0.5) is 0 Å². The topological polar surface area (TPSA) is 29.1 Å². The Morgan fingerprint density at radius 2 is 1.94 bits per heavy atom. The number of rotatable bonds is 4. The first-order valence-corrected chi connectivity index (χ1v) is 6.83. The Morgan fingerprint density at radius 3 is 2.41 bits per heavy atom. The first-order valence-electron chi connectivity index (χ1n) is 5.51. The van der Waals surface area contributed by atoms with Gasteiger partial charge in [0, 0.05) is 16.3 Å². The van der Waals surface area contributed by atoms with E-state index >= 15 is 0 Å². The molecular weight excluding hydrogens is 302 g/mol. The number of hydrogen-bond donors (Lipinski definition) is 1. The maximum absolute atomic E-state index is 11.8. The van der Waals surface area contributed by atoms with Crippen LogP contribution in [0.1, 0.15) is 26.3 Å². The van der Waals surface area contributed by atoms with Gasteiger partial charge in [0.05, 0.1) is 5.54 Å². The van der Waals surface area contributed by atoms with Crippen molar-refractivity contribution in [3.8, 4) is 0 Å². The van der Waals surface area contributed by atoms with E-state index in [1.165, 1.54) is 0 Å². The highest BCUT2D eigenvalue weighted by Crippen LogP contribution is 2.22. The molecule has 0 saturated heterocycles. The minimum Gasteiger partial charge on any atom is -0.347 e. The molecule has 1 amide bonds. The fraction of sp³-hybridized carbons (Fsp3) is 0.462. The third-order valence-electron chi connectivity index (χ3n) is 2.68. The third kappa shape index (κ3) is 4.00. The van der Waals surface area contributed by atoms with Gasteiger partial charge in [-0.25, -0.2) is 0 Å². The molecule has 1 rings (SSSR count). The number of halogens is 2. The lowest BCUT2D eigenvalue weighted by Gasteiger charge is -2.28. The number of alkyl halides is 1. The molecule has 0 aromatic heterocycles. The van der Waals surface area contributed by atoms with E-state index in [2.05, 4.69) is 21.2 Å². The summed E-state index contributed by atoms with van der Waals surface area (Å²) in [4.78, 5) is 11.8. The molecule has 17 heavy (non-hydrogen) atoms. The molecule has 1 atom stereocenters. The maximum Gasteiger partial charge on any atom is 0.224 e. The van der Waals surface area contributed by atoms with Crippen LogP contribution in [0.2, 0.25) is 0 Å². The highest BCUT2D eigenvalue weighted by molar-refractivity contribution is 9.10. The van der Waals surface area contributed by atoms with Crippen LogP contribution in [-0.4, -0.2) is 11.8 Å². The van der Waals surface area contributed by atoms with Crippen LogP contribution in [0.25, 0.3) is 0 Å². The zero-order valence-corrected chi connectivity index (χ0v) is 12.6. The molecule has 0 bridgehead atoms. The minimum atomic E-state index is -0.391. The summed E-state index contributed by atoms with van der Waals surface area (Å²) in [5, 5.41) is 3.00. The van der Waals surface area contributed by atoms with Gasteiger partial charge in [0.25, 0.3) is 0 Å². The van der Waals surface area contributed by atoms with E-state index in [-0.39, 0.29) is 11.8 Å². The lowest BCUT2D eigenvalue weighted by atomic mass is 9.93. The van der Waals surface area contributed by atoms with Gasteiger partial charge < -0.3 is 5.32 Å². The number of amides is 1. The van der Waals surface area contributed by atoms with E-state index in [1.54, 1.807) is 0 Å². The van der Waals surface area contributed by atoms with Crippen molar-refractivity contribution in [1.29, 1.82) is 0 Å². The van der Waals surface area contributed by atoms with Crippen LogP contribution in [-0.2, 0) is 10.3 Å². The monoisotopic (exact) mass is 317 g/mol. The number of hydrogen-bond acceptors (Lipinski definition) is 1. The average molecular weight is 319 g/mol. The molecule has 94 valence electrons. The second-order valence-corrected chi connectivity index (χ2v) is 5.90. The van der Waals surface area contributed by atoms with Gasteiger partial charge in [0.2, 0.25) is 5.91 Å². The van der Waals surface area contributed by atoms with Crippen LogP contribution in [0.5, 0.6) is 0 Å². The zero-order chi connectivity index (χ0) is 13.1. The Kier molecular flexibility index (Phi) is 5.02. The normalized spacial score (nSPS) is 13.2. The van der Waals surface area contributed by atoms with Crippen molar-refractivity contribution in [2.45, 2.75) is 26.3 Å². The largest absolute Gasteiger partial charge is 0.347 e. The Hall–Kier alpha value is -0.540. The van der Waals surface area contributed by atoms with E-state index < -0.39 is 5.54 Å². The van der Waals surface area contributed by atoms with Crippen LogP contribution < -0.4 is 5.32 Å². The quantitative estimate of drug-likeness (QED) is 0.843. The Bertz CT molecular complexity index is 389. The van der Waals surface area contributed by atoms with Gasteiger partial charge >= 0.3 is 0 Å². The first-order chi connectivity index (χ1) is 7.86. The number of carbonyl (C=O) groups is 1. The van der Waals surface area contributed by atoms with Gasteiger partial charge in [-0.15, -0.1) is 11.6 Å². The van der Waals surface area contributed by atoms with Gasteiger partial charge in [-0.05, 0) is 31.5 Å². The predicted octanol–water partition coefficient (Wildman–Crippen LogP) is 3.68. The van der Waals surface area contributed by atoms with Gasteiger partial charge in [-0.3, -0.25) is 4.79 Å². The summed E-state index contributed by atoms with van der Waals surface area (Å²) in [5.74, 6) is 0.140. The van der Waals surface area contributed by atoms with Crippen molar-refractivity contribution in [2.75, 3.05) is 5.88 Å². The summed E-state index contributed by atoms with van der Waals surface area (Å²) in [6.45, 7) is 5.78. The zero-order valence-electron chi connectivity index (χ0n) is 10.3. The second-order valence-electron chi connectivity index (χ2n) is 4.68. The molecule has 0 radical (unpaired) electrons. The van der Waals surface area contributed by atoms with Crippen molar-refractivity contribution in [3.05, 3.63) is 34.3 Å². The molecule has 4 heteroatoms. The molecule has 0 aliphatic carbocycles. The Labute approximate surface area is 116 Å². The van der Waals surface area contributed by atoms with E-state index in [0.717, 1.165) is 10.0 Å². The highest BCUT2D eigenvalue weighted by atomic mass is 79.9. The van der Waals surface area contributed by atoms with Crippen LogP contribution in [0, 0.1) is 5.92 Å². The molecule has 0 saturated carbocycles. The Morgan fingerprint density at radius 1 is 1.41 bits per heavy atom. The molecule has 1 aromatic carbocycles. The lowest BCUT2D eigenvalue weighted by molar-refractivity contribution is -0.125. The van der Waals surface area contributed by atoms with Crippen LogP contribution >= 0.6 is 27.5 Å². The van der Waals surface area contributed by atoms with Gasteiger partial charge in [-0.2, -0.15) is 0 Å². The van der Waals surface area contributed by atoms with Crippen molar-refractivity contribution >= 4 is 33.4 Å². The summed E-state index contributed by atoms with van der Waals surface area (Å²) in [7, 11) is 0. The molecule has 2 nitrogen and oxygen atoms in total. The summed E-state index contributed by atoms with van der Waals surface area (Å²) >= 11 is 9.07. The van der Waals surface area contributed by atoms with Gasteiger partial charge in [0.15, 0.2) is 0 Å². The highest BCUT2D eigenvalue weighted by Gasteiger charge is 2.24. The van der Waals surface area contributed by atoms with E-state index in [0.29, 0.717) is 5.88 Å². The lowest BCUT2D eigenvalue weighted by Crippen LogP contribution is -2.43. The number of carbonyl (C=O) groups excluding carboxylic acids is 1. The molecule has 1 aromatic rings. The first kappa shape index (κ1) is 14.5. The molecule has 0 heterocycles. The van der Waals surface area contributed by atoms with Crippen molar-refractivity contribution in [2.24, 2.45) is 5.92 Å². The maximum atomic E-state index is 11.8. The van der Waals surface area contributed by atoms with Crippen molar-refractivity contribution in [3.63, 3.8) is 0 Å². The summed E-state index contributed by atoms with van der Waals surface area (Å²) < 4.78 is 1.03. The smallest absolute Gasteiger partial charge is 0.224 e. The SMILES string of the molecule is CC(CCl)C(=O)NC(C)(C)c1ccc(Br)cc1. The molecule has 1 unspecified atom stereocenters. The summed E-state index contributed by atoms with van der Waals surface area (Å²) in [6, 6.07) is 7.92. The fourth-order valence-corrected chi connectivity index (χ4v) is 1.84. The van der Waals surface area contributed by atoms with Crippen molar-refractivity contribution in [1.82, 2.24) is 5.32 Å². The van der Waals surface area contributed by atoms with Gasteiger partial charge in [0.1, 0.15) is 0 Å². The summed E-state index contributed by atoms with van der Waals surface area (Å²) in [6.07, 6.45) is 0. The third-order valence-corrected chi connectivity index (χ3v) is 3.67. The van der Waals surface area contributed by atoms with E-state index in [9.17, 15) is 4.79 Å². The van der Waals surface area contributed by atoms with Crippen LogP contribution in [0.15, 0.2) is 28.7 Å². The molecule has 0 spiro atoms. The number of benzene rings is 1. The molecule has 0 fully saturated rings. The van der Waals surface area contributed by atoms with Crippen molar-refractivity contribution < 1.29 is 4.79 Å². The number of nitrogens with one attached hydrogen (secondary N) is 1. The predicted molar refractivity (Wildman–Crippen MR) is 75.2 cm³/mol. The standard InChI is InChI=1S/C13H17BrClNO/c1-9(8-15)12(17)16-13(2,3)10-4-6-11(14)7-5-10/h4-7,9H,8H2,1-3H3,(H,16,17). The molecular formula is C13H17BrClNO. The molecule has 0 aliphatic heterocycles. The fourth-order valence-electron chi connectivity index (χ4n) is 1.44. The average Bonchev–Trinajstić information content (AvgIpc) is 2.27. The Balaban J connectivity index is 2.81. The summed E-state index contributed by atoms with van der Waals surface area (Å²) in [5.41, 5.74) is 0.675. The minimum absolute atomic E-state index is 0.0204. The molecule has 0 aliphatic rings. The van der Waals surface area contributed by atoms with Crippen LogP contribution in [0.3, 0.4) is 0 Å².